The molecule has 4 aliphatic heterocycles. The zero-order chi connectivity index (χ0) is 24.5. The quantitative estimate of drug-likeness (QED) is 0.345. The number of allylic oxidation sites excluding steroid dienone is 1. The molecule has 1 spiro atoms. The van der Waals surface area contributed by atoms with E-state index in [9.17, 15) is 14.4 Å². The van der Waals surface area contributed by atoms with E-state index in [1.54, 1.807) is 9.80 Å². The van der Waals surface area contributed by atoms with Crippen molar-refractivity contribution in [2.24, 2.45) is 11.8 Å². The number of esters is 1. The zero-order valence-electron chi connectivity index (χ0n) is 20.6. The molecule has 8 heteroatoms. The van der Waals surface area contributed by atoms with Gasteiger partial charge in [-0.1, -0.05) is 37.1 Å². The van der Waals surface area contributed by atoms with Crippen molar-refractivity contribution in [3.63, 3.8) is 0 Å². The van der Waals surface area contributed by atoms with Crippen LogP contribution in [-0.4, -0.2) is 82.3 Å². The van der Waals surface area contributed by atoms with Gasteiger partial charge in [-0.3, -0.25) is 14.4 Å². The molecule has 0 aromatic rings. The van der Waals surface area contributed by atoms with Crippen LogP contribution < -0.4 is 0 Å². The lowest BCUT2D eigenvalue weighted by atomic mass is 9.74. The monoisotopic (exact) mass is 474 g/mol. The summed E-state index contributed by atoms with van der Waals surface area (Å²) in [5, 5.41) is 9.06. The summed E-state index contributed by atoms with van der Waals surface area (Å²) in [5.41, 5.74) is -2.25. The first-order chi connectivity index (χ1) is 16.3. The topological polar surface area (TPSA) is 96.4 Å². The summed E-state index contributed by atoms with van der Waals surface area (Å²) in [5.74, 6) is -2.42. The number of likely N-dealkylation sites (tertiary alicyclic amines) is 1. The maximum atomic E-state index is 14.0. The Kier molecular flexibility index (Phi) is 7.20. The van der Waals surface area contributed by atoms with Crippen LogP contribution in [0.5, 0.6) is 0 Å². The van der Waals surface area contributed by atoms with E-state index in [1.165, 1.54) is 0 Å². The molecule has 4 aliphatic rings. The molecule has 2 saturated heterocycles. The number of carbonyl (C=O) groups excluding carboxylic acids is 3. The van der Waals surface area contributed by atoms with Gasteiger partial charge in [-0.25, -0.2) is 0 Å². The number of aliphatic hydroxyl groups is 1. The molecule has 188 valence electrons. The molecule has 8 nitrogen and oxygen atoms in total. The third-order valence-corrected chi connectivity index (χ3v) is 7.71. The van der Waals surface area contributed by atoms with Crippen LogP contribution >= 0.6 is 0 Å². The van der Waals surface area contributed by atoms with Gasteiger partial charge < -0.3 is 24.4 Å². The number of hydrogen-bond donors (Lipinski definition) is 1. The number of ether oxygens (including phenoxy) is 2. The van der Waals surface area contributed by atoms with E-state index >= 15 is 0 Å². The number of carbonyl (C=O) groups is 3. The summed E-state index contributed by atoms with van der Waals surface area (Å²) in [6, 6.07) is -0.857. The molecule has 0 saturated carbocycles. The van der Waals surface area contributed by atoms with Gasteiger partial charge in [0.1, 0.15) is 17.6 Å². The minimum Gasteiger partial charge on any atom is -0.465 e. The van der Waals surface area contributed by atoms with Crippen molar-refractivity contribution >= 4 is 17.8 Å². The van der Waals surface area contributed by atoms with E-state index in [2.05, 4.69) is 0 Å². The highest BCUT2D eigenvalue weighted by atomic mass is 16.6. The van der Waals surface area contributed by atoms with Gasteiger partial charge >= 0.3 is 5.97 Å². The van der Waals surface area contributed by atoms with Crippen LogP contribution in [0.3, 0.4) is 0 Å². The van der Waals surface area contributed by atoms with Crippen LogP contribution in [0.1, 0.15) is 59.3 Å². The second-order valence-corrected chi connectivity index (χ2v) is 10.4. The van der Waals surface area contributed by atoms with Crippen molar-refractivity contribution in [2.75, 3.05) is 26.3 Å². The fourth-order valence-electron chi connectivity index (χ4n) is 6.10. The van der Waals surface area contributed by atoms with Gasteiger partial charge in [-0.05, 0) is 46.5 Å². The van der Waals surface area contributed by atoms with Gasteiger partial charge in [0.2, 0.25) is 11.8 Å². The number of cyclic esters (lactones) is 1. The number of aliphatic hydroxyl groups excluding tert-OH is 1. The normalized spacial score (nSPS) is 36.4. The molecule has 4 rings (SSSR count). The van der Waals surface area contributed by atoms with Gasteiger partial charge in [0.15, 0.2) is 0 Å². The molecule has 0 bridgehead atoms. The van der Waals surface area contributed by atoms with Crippen LogP contribution in [0.25, 0.3) is 0 Å². The molecule has 1 unspecified atom stereocenters. The smallest absolute Gasteiger partial charge is 0.313 e. The Hall–Kier alpha value is -2.19. The molecule has 0 aliphatic carbocycles. The van der Waals surface area contributed by atoms with Crippen molar-refractivity contribution in [3.05, 3.63) is 24.3 Å². The first-order valence-corrected chi connectivity index (χ1v) is 12.7. The lowest BCUT2D eigenvalue weighted by Crippen LogP contribution is -2.57. The Morgan fingerprint density at radius 2 is 1.82 bits per heavy atom. The predicted molar refractivity (Wildman–Crippen MR) is 126 cm³/mol. The first-order valence-electron chi connectivity index (χ1n) is 12.7. The standard InChI is InChI=1S/C26H38N2O6/c1-18(2)27-15-11-13-26-19(20-24(32)33-17-10-6-7-12-25(20,3)34-26)22(30)28(21(26)23(27)31)14-8-4-5-9-16-29/h7,11-13,18-21,29H,4-6,8-10,14-17H2,1-3H3/b12-7-/t19-,20+,21?,25-,26-/m0/s1. The molecule has 0 aromatic carbocycles. The lowest BCUT2D eigenvalue weighted by molar-refractivity contribution is -0.159. The average molecular weight is 475 g/mol. The van der Waals surface area contributed by atoms with Gasteiger partial charge in [0.05, 0.1) is 18.1 Å². The Morgan fingerprint density at radius 1 is 1.06 bits per heavy atom. The van der Waals surface area contributed by atoms with E-state index in [-0.39, 0.29) is 24.5 Å². The highest BCUT2D eigenvalue weighted by molar-refractivity contribution is 5.99. The summed E-state index contributed by atoms with van der Waals surface area (Å²) in [6.07, 6.45) is 12.3. The molecule has 1 N–H and O–H groups in total. The largest absolute Gasteiger partial charge is 0.465 e. The number of hydrogen-bond acceptors (Lipinski definition) is 6. The Labute approximate surface area is 201 Å². The van der Waals surface area contributed by atoms with Crippen molar-refractivity contribution < 1.29 is 29.0 Å². The lowest BCUT2D eigenvalue weighted by Gasteiger charge is -2.38. The molecule has 2 amide bonds. The fraction of sp³-hybridized carbons (Fsp3) is 0.731. The second kappa shape index (κ2) is 9.82. The third-order valence-electron chi connectivity index (χ3n) is 7.71. The second-order valence-electron chi connectivity index (χ2n) is 10.4. The van der Waals surface area contributed by atoms with Crippen LogP contribution in [0, 0.1) is 11.8 Å². The van der Waals surface area contributed by atoms with Gasteiger partial charge in [0.25, 0.3) is 0 Å². The highest BCUT2D eigenvalue weighted by Gasteiger charge is 2.74. The predicted octanol–water partition coefficient (Wildman–Crippen LogP) is 2.21. The van der Waals surface area contributed by atoms with Crippen LogP contribution in [0.4, 0.5) is 0 Å². The SMILES string of the molecule is CC(C)N1CC=C[C@]23O[C@@]4(C)/C=C\CCCOC(=O)[C@H]4[C@H]2C(=O)N(CCCCCCO)C3C1=O. The van der Waals surface area contributed by atoms with E-state index < -0.39 is 35.0 Å². The molecular formula is C26H38N2O6. The Bertz CT molecular complexity index is 869. The minimum atomic E-state index is -1.22. The van der Waals surface area contributed by atoms with Crippen LogP contribution in [0.2, 0.25) is 0 Å². The van der Waals surface area contributed by atoms with E-state index in [4.69, 9.17) is 14.6 Å². The molecule has 0 radical (unpaired) electrons. The molecule has 4 heterocycles. The average Bonchev–Trinajstić information content (AvgIpc) is 3.12. The van der Waals surface area contributed by atoms with E-state index in [0.717, 1.165) is 32.1 Å². The first kappa shape index (κ1) is 24.9. The van der Waals surface area contributed by atoms with E-state index in [0.29, 0.717) is 26.1 Å². The molecule has 2 fully saturated rings. The van der Waals surface area contributed by atoms with Gasteiger partial charge in [-0.15, -0.1) is 0 Å². The van der Waals surface area contributed by atoms with Crippen LogP contribution in [0.15, 0.2) is 24.3 Å². The molecule has 34 heavy (non-hydrogen) atoms. The number of amides is 2. The summed E-state index contributed by atoms with van der Waals surface area (Å²) >= 11 is 0. The Balaban J connectivity index is 1.76. The highest BCUT2D eigenvalue weighted by Crippen LogP contribution is 2.57. The van der Waals surface area contributed by atoms with Crippen molar-refractivity contribution in [3.8, 4) is 0 Å². The fourth-order valence-corrected chi connectivity index (χ4v) is 6.10. The number of nitrogens with zero attached hydrogens (tertiary/aromatic N) is 2. The van der Waals surface area contributed by atoms with Crippen molar-refractivity contribution in [2.45, 2.75) is 82.6 Å². The van der Waals surface area contributed by atoms with E-state index in [1.807, 2.05) is 45.1 Å². The maximum Gasteiger partial charge on any atom is 0.313 e. The molecule has 0 aromatic heterocycles. The Morgan fingerprint density at radius 3 is 2.56 bits per heavy atom. The zero-order valence-corrected chi connectivity index (χ0v) is 20.6. The minimum absolute atomic E-state index is 0.0353. The number of rotatable bonds is 7. The molecule has 5 atom stereocenters. The van der Waals surface area contributed by atoms with Crippen LogP contribution in [-0.2, 0) is 23.9 Å². The maximum absolute atomic E-state index is 14.0. The number of fused-ring (bicyclic) bond motifs is 2. The summed E-state index contributed by atoms with van der Waals surface area (Å²) in [6.45, 7) is 7.06. The number of unbranched alkanes of at least 4 members (excludes halogenated alkanes) is 3. The van der Waals surface area contributed by atoms with Gasteiger partial charge in [0, 0.05) is 25.7 Å². The van der Waals surface area contributed by atoms with Gasteiger partial charge in [-0.2, -0.15) is 0 Å². The summed E-state index contributed by atoms with van der Waals surface area (Å²) in [4.78, 5) is 44.6. The van der Waals surface area contributed by atoms with Crippen molar-refractivity contribution in [1.82, 2.24) is 9.80 Å². The third kappa shape index (κ3) is 4.09. The molecular weight excluding hydrogens is 436 g/mol. The summed E-state index contributed by atoms with van der Waals surface area (Å²) in [7, 11) is 0. The van der Waals surface area contributed by atoms with Crippen molar-refractivity contribution in [1.29, 1.82) is 0 Å². The summed E-state index contributed by atoms with van der Waals surface area (Å²) < 4.78 is 12.3.